The van der Waals surface area contributed by atoms with Gasteiger partial charge in [-0.2, -0.15) is 0 Å². The molecule has 0 aromatic heterocycles. The Morgan fingerprint density at radius 3 is 2.12 bits per heavy atom. The number of aliphatic hydroxyl groups is 1. The van der Waals surface area contributed by atoms with Crippen LogP contribution in [0.25, 0.3) is 0 Å². The van der Waals surface area contributed by atoms with Crippen molar-refractivity contribution in [1.82, 2.24) is 4.72 Å². The Hall–Kier alpha value is -0.180. The van der Waals surface area contributed by atoms with E-state index in [2.05, 4.69) is 4.72 Å². The summed E-state index contributed by atoms with van der Waals surface area (Å²) in [6.45, 7) is 1.69. The third kappa shape index (κ3) is 8.03. The van der Waals surface area contributed by atoms with Gasteiger partial charge in [-0.05, 0) is 12.8 Å². The SMILES string of the molecule is CCC(CCO)NS(=O)(=O)CCS(C)(=O)=O. The predicted octanol–water partition coefficient (Wildman–Crippen LogP) is -0.889. The molecule has 0 radical (unpaired) electrons. The Labute approximate surface area is 97.0 Å². The largest absolute Gasteiger partial charge is 0.396 e. The van der Waals surface area contributed by atoms with Crippen LogP contribution in [0.2, 0.25) is 0 Å². The molecule has 0 heterocycles. The van der Waals surface area contributed by atoms with E-state index in [0.29, 0.717) is 12.8 Å². The highest BCUT2D eigenvalue weighted by molar-refractivity contribution is 7.93. The van der Waals surface area contributed by atoms with Crippen molar-refractivity contribution in [3.8, 4) is 0 Å². The van der Waals surface area contributed by atoms with Crippen LogP contribution in [0, 0.1) is 0 Å². The third-order valence-electron chi connectivity index (χ3n) is 2.04. The van der Waals surface area contributed by atoms with Gasteiger partial charge in [-0.25, -0.2) is 21.6 Å². The van der Waals surface area contributed by atoms with E-state index in [1.54, 1.807) is 6.92 Å². The molecule has 0 aliphatic carbocycles. The van der Waals surface area contributed by atoms with Gasteiger partial charge < -0.3 is 5.11 Å². The van der Waals surface area contributed by atoms with Gasteiger partial charge in [0.25, 0.3) is 0 Å². The van der Waals surface area contributed by atoms with Gasteiger partial charge in [0.1, 0.15) is 9.84 Å². The van der Waals surface area contributed by atoms with Crippen LogP contribution in [-0.2, 0) is 19.9 Å². The van der Waals surface area contributed by atoms with Crippen molar-refractivity contribution in [3.63, 3.8) is 0 Å². The van der Waals surface area contributed by atoms with E-state index >= 15 is 0 Å². The highest BCUT2D eigenvalue weighted by Gasteiger charge is 2.18. The topological polar surface area (TPSA) is 101 Å². The summed E-state index contributed by atoms with van der Waals surface area (Å²) in [6.07, 6.45) is 1.88. The van der Waals surface area contributed by atoms with Crippen molar-refractivity contribution in [1.29, 1.82) is 0 Å². The smallest absolute Gasteiger partial charge is 0.212 e. The first-order valence-electron chi connectivity index (χ1n) is 4.98. The monoisotopic (exact) mass is 273 g/mol. The van der Waals surface area contributed by atoms with Gasteiger partial charge in [-0.15, -0.1) is 0 Å². The number of sulfonamides is 1. The zero-order valence-corrected chi connectivity index (χ0v) is 11.1. The summed E-state index contributed by atoms with van der Waals surface area (Å²) in [6, 6.07) is -0.338. The molecule has 0 aliphatic heterocycles. The summed E-state index contributed by atoms with van der Waals surface area (Å²) in [5.74, 6) is -0.828. The molecule has 0 aromatic rings. The lowest BCUT2D eigenvalue weighted by atomic mass is 10.2. The van der Waals surface area contributed by atoms with Gasteiger partial charge >= 0.3 is 0 Å². The van der Waals surface area contributed by atoms with Gasteiger partial charge in [0.15, 0.2) is 0 Å². The molecule has 0 spiro atoms. The summed E-state index contributed by atoms with van der Waals surface area (Å²) >= 11 is 0. The number of sulfone groups is 1. The maximum absolute atomic E-state index is 11.5. The first-order chi connectivity index (χ1) is 7.20. The maximum atomic E-state index is 11.5. The number of nitrogens with one attached hydrogen (secondary N) is 1. The molecule has 2 N–H and O–H groups in total. The second-order valence-corrected chi connectivity index (χ2v) is 7.82. The van der Waals surface area contributed by atoms with E-state index in [4.69, 9.17) is 5.11 Å². The number of hydrogen-bond acceptors (Lipinski definition) is 5. The molecule has 1 unspecified atom stereocenters. The molecule has 0 fully saturated rings. The summed E-state index contributed by atoms with van der Waals surface area (Å²) in [5, 5.41) is 8.69. The van der Waals surface area contributed by atoms with Crippen molar-refractivity contribution in [2.45, 2.75) is 25.8 Å². The third-order valence-corrected chi connectivity index (χ3v) is 4.68. The molecule has 0 bridgehead atoms. The maximum Gasteiger partial charge on any atom is 0.212 e. The minimum Gasteiger partial charge on any atom is -0.396 e. The molecule has 0 aromatic carbocycles. The van der Waals surface area contributed by atoms with Crippen LogP contribution in [0.1, 0.15) is 19.8 Å². The minimum atomic E-state index is -3.59. The quantitative estimate of drug-likeness (QED) is 0.597. The zero-order chi connectivity index (χ0) is 12.8. The molecular weight excluding hydrogens is 254 g/mol. The summed E-state index contributed by atoms with van der Waals surface area (Å²) < 4.78 is 46.9. The van der Waals surface area contributed by atoms with Crippen LogP contribution in [0.3, 0.4) is 0 Å². The number of rotatable bonds is 8. The van der Waals surface area contributed by atoms with Crippen molar-refractivity contribution in [3.05, 3.63) is 0 Å². The standard InChI is InChI=1S/C8H19NO5S2/c1-3-8(4-5-10)9-16(13,14)7-6-15(2,11)12/h8-10H,3-7H2,1-2H3. The lowest BCUT2D eigenvalue weighted by molar-refractivity contribution is 0.270. The van der Waals surface area contributed by atoms with Gasteiger partial charge in [0.05, 0.1) is 11.5 Å². The van der Waals surface area contributed by atoms with Gasteiger partial charge in [-0.1, -0.05) is 6.92 Å². The number of aliphatic hydroxyl groups excluding tert-OH is 1. The summed E-state index contributed by atoms with van der Waals surface area (Å²) in [7, 11) is -6.87. The zero-order valence-electron chi connectivity index (χ0n) is 9.51. The van der Waals surface area contributed by atoms with E-state index in [0.717, 1.165) is 6.26 Å². The normalized spacial score (nSPS) is 14.9. The molecule has 1 atom stereocenters. The van der Waals surface area contributed by atoms with Crippen LogP contribution in [0.15, 0.2) is 0 Å². The molecule has 8 heteroatoms. The Morgan fingerprint density at radius 1 is 1.19 bits per heavy atom. The van der Waals surface area contributed by atoms with Crippen molar-refractivity contribution in [2.24, 2.45) is 0 Å². The van der Waals surface area contributed by atoms with Crippen LogP contribution < -0.4 is 4.72 Å². The molecule has 98 valence electrons. The van der Waals surface area contributed by atoms with E-state index in [-0.39, 0.29) is 12.6 Å². The van der Waals surface area contributed by atoms with Crippen molar-refractivity contribution in [2.75, 3.05) is 24.4 Å². The lowest BCUT2D eigenvalue weighted by Gasteiger charge is -2.15. The highest BCUT2D eigenvalue weighted by Crippen LogP contribution is 2.00. The second kappa shape index (κ2) is 6.53. The Bertz CT molecular complexity index is 387. The van der Waals surface area contributed by atoms with Crippen molar-refractivity contribution < 1.29 is 21.9 Å². The molecule has 16 heavy (non-hydrogen) atoms. The Kier molecular flexibility index (Phi) is 6.46. The van der Waals surface area contributed by atoms with E-state index in [1.807, 2.05) is 0 Å². The fourth-order valence-corrected chi connectivity index (χ4v) is 4.08. The average molecular weight is 273 g/mol. The van der Waals surface area contributed by atoms with Crippen molar-refractivity contribution >= 4 is 19.9 Å². The second-order valence-electron chi connectivity index (χ2n) is 3.68. The number of hydrogen-bond donors (Lipinski definition) is 2. The molecule has 0 rings (SSSR count). The Morgan fingerprint density at radius 2 is 1.75 bits per heavy atom. The molecule has 0 saturated heterocycles. The Balaban J connectivity index is 4.34. The average Bonchev–Trinajstić information content (AvgIpc) is 2.13. The minimum absolute atomic E-state index is 0.104. The molecular formula is C8H19NO5S2. The van der Waals surface area contributed by atoms with Gasteiger partial charge in [0.2, 0.25) is 10.0 Å². The molecule has 0 aliphatic rings. The van der Waals surface area contributed by atoms with E-state index in [9.17, 15) is 16.8 Å². The van der Waals surface area contributed by atoms with Gasteiger partial charge in [-0.3, -0.25) is 0 Å². The fraction of sp³-hybridized carbons (Fsp3) is 1.00. The van der Waals surface area contributed by atoms with Crippen LogP contribution >= 0.6 is 0 Å². The summed E-state index contributed by atoms with van der Waals surface area (Å²) in [5.41, 5.74) is 0. The summed E-state index contributed by atoms with van der Waals surface area (Å²) in [4.78, 5) is 0. The van der Waals surface area contributed by atoms with Crippen LogP contribution in [-0.4, -0.2) is 52.4 Å². The predicted molar refractivity (Wildman–Crippen MR) is 62.4 cm³/mol. The lowest BCUT2D eigenvalue weighted by Crippen LogP contribution is -2.38. The highest BCUT2D eigenvalue weighted by atomic mass is 32.2. The fourth-order valence-electron chi connectivity index (χ4n) is 1.08. The van der Waals surface area contributed by atoms with E-state index < -0.39 is 31.4 Å². The van der Waals surface area contributed by atoms with Crippen LogP contribution in [0.4, 0.5) is 0 Å². The van der Waals surface area contributed by atoms with E-state index in [1.165, 1.54) is 0 Å². The molecule has 0 amide bonds. The van der Waals surface area contributed by atoms with Gasteiger partial charge in [0, 0.05) is 18.9 Å². The van der Waals surface area contributed by atoms with Crippen LogP contribution in [0.5, 0.6) is 0 Å². The molecule has 6 nitrogen and oxygen atoms in total. The first kappa shape index (κ1) is 15.8. The molecule has 0 saturated carbocycles. The first-order valence-corrected chi connectivity index (χ1v) is 8.70.